The maximum absolute atomic E-state index is 14.3. The third-order valence-electron chi connectivity index (χ3n) is 4.26. The van der Waals surface area contributed by atoms with Gasteiger partial charge in [0.05, 0.1) is 18.2 Å². The lowest BCUT2D eigenvalue weighted by Crippen LogP contribution is -2.26. The SMILES string of the molecule is COc1cc(-c2c[nH]c3cc(S(=O)(=O)N(C)c4ncns4)ccc23)c(F)cn1. The molecular formula is C17H14FN5O3S2. The lowest BCUT2D eigenvalue weighted by Gasteiger charge is -2.15. The van der Waals surface area contributed by atoms with Gasteiger partial charge in [0.15, 0.2) is 0 Å². The summed E-state index contributed by atoms with van der Waals surface area (Å²) in [6.45, 7) is 0. The zero-order valence-corrected chi connectivity index (χ0v) is 16.4. The first kappa shape index (κ1) is 18.3. The van der Waals surface area contributed by atoms with Gasteiger partial charge in [-0.1, -0.05) is 6.07 Å². The summed E-state index contributed by atoms with van der Waals surface area (Å²) in [6, 6.07) is 6.10. The molecule has 3 aromatic heterocycles. The number of hydrogen-bond acceptors (Lipinski definition) is 7. The van der Waals surface area contributed by atoms with E-state index in [1.807, 2.05) is 0 Å². The molecule has 0 bridgehead atoms. The third kappa shape index (κ3) is 2.98. The molecule has 4 rings (SSSR count). The van der Waals surface area contributed by atoms with E-state index in [4.69, 9.17) is 4.74 Å². The minimum absolute atomic E-state index is 0.0823. The third-order valence-corrected chi connectivity index (χ3v) is 6.86. The molecule has 0 aliphatic heterocycles. The second kappa shape index (κ2) is 6.84. The van der Waals surface area contributed by atoms with Crippen LogP contribution in [0.3, 0.4) is 0 Å². The Morgan fingerprint density at radius 3 is 2.75 bits per heavy atom. The highest BCUT2D eigenvalue weighted by Crippen LogP contribution is 2.33. The molecule has 1 N–H and O–H groups in total. The first-order valence-corrected chi connectivity index (χ1v) is 10.2. The van der Waals surface area contributed by atoms with Gasteiger partial charge in [0.25, 0.3) is 10.0 Å². The molecule has 0 atom stereocenters. The summed E-state index contributed by atoms with van der Waals surface area (Å²) >= 11 is 0.981. The Bertz CT molecular complexity index is 1260. The number of benzene rings is 1. The molecule has 0 aliphatic carbocycles. The van der Waals surface area contributed by atoms with Crippen LogP contribution in [0.2, 0.25) is 0 Å². The van der Waals surface area contributed by atoms with Crippen LogP contribution < -0.4 is 9.04 Å². The first-order chi connectivity index (χ1) is 13.4. The van der Waals surface area contributed by atoms with Gasteiger partial charge >= 0.3 is 0 Å². The quantitative estimate of drug-likeness (QED) is 0.534. The van der Waals surface area contributed by atoms with Crippen molar-refractivity contribution in [2.75, 3.05) is 18.5 Å². The van der Waals surface area contributed by atoms with Crippen molar-refractivity contribution in [3.8, 4) is 17.0 Å². The molecule has 3 heterocycles. The molecule has 144 valence electrons. The molecule has 0 saturated carbocycles. The predicted molar refractivity (Wildman–Crippen MR) is 104 cm³/mol. The van der Waals surface area contributed by atoms with Gasteiger partial charge in [0, 0.05) is 52.9 Å². The Labute approximate surface area is 163 Å². The van der Waals surface area contributed by atoms with Crippen molar-refractivity contribution in [2.24, 2.45) is 0 Å². The largest absolute Gasteiger partial charge is 0.481 e. The van der Waals surface area contributed by atoms with Crippen molar-refractivity contribution in [1.29, 1.82) is 0 Å². The van der Waals surface area contributed by atoms with E-state index >= 15 is 0 Å². The van der Waals surface area contributed by atoms with Gasteiger partial charge in [-0.05, 0) is 12.1 Å². The topological polar surface area (TPSA) is 101 Å². The molecule has 0 amide bonds. The van der Waals surface area contributed by atoms with Crippen molar-refractivity contribution < 1.29 is 17.5 Å². The molecular weight excluding hydrogens is 405 g/mol. The summed E-state index contributed by atoms with van der Waals surface area (Å²) in [5.74, 6) is -0.224. The smallest absolute Gasteiger partial charge is 0.265 e. The highest BCUT2D eigenvalue weighted by Gasteiger charge is 2.24. The fourth-order valence-corrected chi connectivity index (χ4v) is 4.66. The number of anilines is 1. The normalized spacial score (nSPS) is 11.7. The molecule has 0 aliphatic rings. The van der Waals surface area contributed by atoms with Gasteiger partial charge in [-0.15, -0.1) is 0 Å². The number of rotatable bonds is 5. The predicted octanol–water partition coefficient (Wildman–Crippen LogP) is 3.05. The van der Waals surface area contributed by atoms with Gasteiger partial charge in [0.1, 0.15) is 12.1 Å². The number of pyridine rings is 1. The lowest BCUT2D eigenvalue weighted by molar-refractivity contribution is 0.396. The van der Waals surface area contributed by atoms with Crippen LogP contribution in [0.4, 0.5) is 9.52 Å². The minimum atomic E-state index is -3.81. The number of aromatic nitrogens is 4. The van der Waals surface area contributed by atoms with E-state index in [2.05, 4.69) is 19.3 Å². The summed E-state index contributed by atoms with van der Waals surface area (Å²) < 4.78 is 50.0. The molecule has 4 aromatic rings. The zero-order valence-electron chi connectivity index (χ0n) is 14.7. The van der Waals surface area contributed by atoms with Crippen LogP contribution in [0.1, 0.15) is 0 Å². The number of halogens is 1. The Morgan fingerprint density at radius 1 is 1.21 bits per heavy atom. The first-order valence-electron chi connectivity index (χ1n) is 7.98. The molecule has 28 heavy (non-hydrogen) atoms. The van der Waals surface area contributed by atoms with Crippen molar-refractivity contribution in [2.45, 2.75) is 4.90 Å². The molecule has 0 fully saturated rings. The van der Waals surface area contributed by atoms with Gasteiger partial charge in [-0.3, -0.25) is 0 Å². The number of nitrogens with one attached hydrogen (secondary N) is 1. The Balaban J connectivity index is 1.79. The summed E-state index contributed by atoms with van der Waals surface area (Å²) in [5.41, 5.74) is 1.44. The van der Waals surface area contributed by atoms with Gasteiger partial charge in [-0.25, -0.2) is 27.1 Å². The van der Waals surface area contributed by atoms with Crippen LogP contribution in [0.5, 0.6) is 5.88 Å². The zero-order chi connectivity index (χ0) is 19.9. The number of H-pyrrole nitrogens is 1. The number of sulfonamides is 1. The molecule has 0 radical (unpaired) electrons. The van der Waals surface area contributed by atoms with Crippen molar-refractivity contribution >= 4 is 37.6 Å². The van der Waals surface area contributed by atoms with Gasteiger partial charge in [-0.2, -0.15) is 4.37 Å². The van der Waals surface area contributed by atoms with E-state index in [0.29, 0.717) is 22.0 Å². The van der Waals surface area contributed by atoms with E-state index in [0.717, 1.165) is 22.0 Å². The average Bonchev–Trinajstić information content (AvgIpc) is 3.37. The van der Waals surface area contributed by atoms with E-state index in [1.54, 1.807) is 12.3 Å². The maximum atomic E-state index is 14.3. The lowest BCUT2D eigenvalue weighted by atomic mass is 10.1. The van der Waals surface area contributed by atoms with E-state index in [-0.39, 0.29) is 15.9 Å². The molecule has 1 aromatic carbocycles. The van der Waals surface area contributed by atoms with Gasteiger partial charge in [0.2, 0.25) is 11.0 Å². The number of methoxy groups -OCH3 is 1. The molecule has 11 heteroatoms. The van der Waals surface area contributed by atoms with E-state index < -0.39 is 15.8 Å². The molecule has 8 nitrogen and oxygen atoms in total. The van der Waals surface area contributed by atoms with Crippen molar-refractivity contribution in [3.63, 3.8) is 0 Å². The monoisotopic (exact) mass is 419 g/mol. The van der Waals surface area contributed by atoms with Crippen molar-refractivity contribution in [1.82, 2.24) is 19.3 Å². The summed E-state index contributed by atoms with van der Waals surface area (Å²) in [6.07, 6.45) is 4.00. The van der Waals surface area contributed by atoms with Crippen LogP contribution in [0.25, 0.3) is 22.0 Å². The summed E-state index contributed by atoms with van der Waals surface area (Å²) in [5, 5.41) is 0.933. The Morgan fingerprint density at radius 2 is 2.04 bits per heavy atom. The second-order valence-electron chi connectivity index (χ2n) is 5.81. The number of fused-ring (bicyclic) bond motifs is 1. The fraction of sp³-hybridized carbons (Fsp3) is 0.118. The van der Waals surface area contributed by atoms with Crippen LogP contribution in [-0.4, -0.2) is 41.9 Å². The number of hydrogen-bond donors (Lipinski definition) is 1. The Kier molecular flexibility index (Phi) is 4.47. The minimum Gasteiger partial charge on any atom is -0.481 e. The standard InChI is InChI=1S/C17H14FN5O3S2/c1-23(17-21-9-22-27-17)28(24,25)10-3-4-11-13(7-19-15(11)5-10)12-6-16(26-2)20-8-14(12)18/h3-9,19H,1-2H3. The maximum Gasteiger partial charge on any atom is 0.265 e. The molecule has 0 unspecified atom stereocenters. The van der Waals surface area contributed by atoms with Crippen LogP contribution in [0.15, 0.2) is 47.9 Å². The highest BCUT2D eigenvalue weighted by molar-refractivity contribution is 7.93. The van der Waals surface area contributed by atoms with Crippen LogP contribution in [-0.2, 0) is 10.0 Å². The average molecular weight is 419 g/mol. The highest BCUT2D eigenvalue weighted by atomic mass is 32.2. The molecule has 0 spiro atoms. The summed E-state index contributed by atoms with van der Waals surface area (Å²) in [7, 11) is -0.946. The van der Waals surface area contributed by atoms with Crippen molar-refractivity contribution in [3.05, 3.63) is 48.8 Å². The van der Waals surface area contributed by atoms with Gasteiger partial charge < -0.3 is 9.72 Å². The molecule has 0 saturated heterocycles. The Hall–Kier alpha value is -3.05. The van der Waals surface area contributed by atoms with Crippen LogP contribution in [0, 0.1) is 5.82 Å². The number of nitrogens with zero attached hydrogens (tertiary/aromatic N) is 4. The van der Waals surface area contributed by atoms with Crippen LogP contribution >= 0.6 is 11.5 Å². The summed E-state index contributed by atoms with van der Waals surface area (Å²) in [4.78, 5) is 10.8. The second-order valence-corrected chi connectivity index (χ2v) is 8.54. The number of aromatic amines is 1. The number of ether oxygens (including phenoxy) is 1. The van der Waals surface area contributed by atoms with E-state index in [9.17, 15) is 12.8 Å². The van der Waals surface area contributed by atoms with E-state index in [1.165, 1.54) is 38.7 Å². The fourth-order valence-electron chi connectivity index (χ4n) is 2.79.